The highest BCUT2D eigenvalue weighted by molar-refractivity contribution is 6.30. The van der Waals surface area contributed by atoms with E-state index in [0.717, 1.165) is 44.4 Å². The lowest BCUT2D eigenvalue weighted by Gasteiger charge is -2.39. The van der Waals surface area contributed by atoms with E-state index in [2.05, 4.69) is 207 Å². The summed E-state index contributed by atoms with van der Waals surface area (Å²) in [6, 6.07) is 67.3. The summed E-state index contributed by atoms with van der Waals surface area (Å²) < 4.78 is 11.3. The van der Waals surface area contributed by atoms with Crippen LogP contribution in [0.5, 0.6) is 0 Å². The topological polar surface area (TPSA) is 59.1 Å². The van der Waals surface area contributed by atoms with Crippen molar-refractivity contribution in [3.05, 3.63) is 205 Å². The number of aromatic nitrogens is 2. The number of furan rings is 1. The number of nitrogens with zero attached hydrogens (tertiary/aromatic N) is 2. The molecular weight excluding hydrogens is 699 g/mol. The van der Waals surface area contributed by atoms with Crippen molar-refractivity contribution >= 4 is 65.6 Å². The zero-order valence-corrected chi connectivity index (χ0v) is 30.9. The first kappa shape index (κ1) is 32.3. The number of hydrogen-bond acceptors (Lipinski definition) is 4. The second-order valence-corrected chi connectivity index (χ2v) is 15.1. The van der Waals surface area contributed by atoms with E-state index in [1.807, 2.05) is 6.07 Å². The first-order valence-electron chi connectivity index (χ1n) is 19.6. The van der Waals surface area contributed by atoms with E-state index >= 15 is 0 Å². The average molecular weight is 736 g/mol. The number of para-hydroxylation sites is 3. The van der Waals surface area contributed by atoms with E-state index in [4.69, 9.17) is 4.42 Å². The molecule has 0 radical (unpaired) electrons. The van der Waals surface area contributed by atoms with Gasteiger partial charge >= 0.3 is 0 Å². The van der Waals surface area contributed by atoms with Crippen LogP contribution in [0.1, 0.15) is 35.2 Å². The van der Waals surface area contributed by atoms with E-state index in [1.165, 1.54) is 49.2 Å². The molecule has 57 heavy (non-hydrogen) atoms. The SMILES string of the molecule is c1ccc(C2NC(c3ccccc3)NC(c3cccc(-n4c5ccccc5c5c6c7cc8c(cc7n(-c7ccccc7)c6ccc54)oc4ccccc48)c3)N2)cc1. The standard InChI is InChI=1S/C51H37N5O/c1-4-15-32(16-5-1)49-52-50(33-17-6-2-7-18-33)54-51(53-49)34-19-14-22-36(29-34)56-41-25-12-10-24-38(41)47-42(56)27-28-43-48(47)40-30-39-37-23-11-13-26-45(37)57-46(39)31-44(40)55(43)35-20-8-3-9-21-35/h1-31,49-54H. The Morgan fingerprint density at radius 3 is 1.56 bits per heavy atom. The third-order valence-corrected chi connectivity index (χ3v) is 11.8. The Kier molecular flexibility index (Phi) is 7.25. The zero-order valence-electron chi connectivity index (χ0n) is 30.9. The van der Waals surface area contributed by atoms with Crippen molar-refractivity contribution in [3.63, 3.8) is 0 Å². The van der Waals surface area contributed by atoms with Gasteiger partial charge in [0.25, 0.3) is 0 Å². The van der Waals surface area contributed by atoms with Crippen LogP contribution >= 0.6 is 0 Å². The largest absolute Gasteiger partial charge is 0.456 e. The maximum absolute atomic E-state index is 6.46. The Morgan fingerprint density at radius 2 is 0.860 bits per heavy atom. The van der Waals surface area contributed by atoms with Gasteiger partial charge in [0.05, 0.1) is 40.6 Å². The fraction of sp³-hybridized carbons (Fsp3) is 0.0588. The summed E-state index contributed by atoms with van der Waals surface area (Å²) in [4.78, 5) is 0. The molecule has 1 saturated heterocycles. The summed E-state index contributed by atoms with van der Waals surface area (Å²) in [6.07, 6.45) is -0.209. The summed E-state index contributed by atoms with van der Waals surface area (Å²) in [5.74, 6) is 0. The van der Waals surface area contributed by atoms with Gasteiger partial charge in [-0.2, -0.15) is 0 Å². The number of benzene rings is 8. The van der Waals surface area contributed by atoms with Gasteiger partial charge in [-0.25, -0.2) is 0 Å². The molecule has 0 amide bonds. The fourth-order valence-electron chi connectivity index (χ4n) is 9.27. The molecule has 3 N–H and O–H groups in total. The molecule has 3 aromatic heterocycles. The molecule has 11 aromatic rings. The summed E-state index contributed by atoms with van der Waals surface area (Å²) in [6.45, 7) is 0. The monoisotopic (exact) mass is 735 g/mol. The van der Waals surface area contributed by atoms with Crippen molar-refractivity contribution in [2.45, 2.75) is 18.5 Å². The molecule has 6 heteroatoms. The predicted molar refractivity (Wildman–Crippen MR) is 233 cm³/mol. The fourth-order valence-corrected chi connectivity index (χ4v) is 9.27. The van der Waals surface area contributed by atoms with Crippen molar-refractivity contribution in [1.29, 1.82) is 0 Å². The van der Waals surface area contributed by atoms with Gasteiger partial charge in [0.2, 0.25) is 0 Å². The number of fused-ring (bicyclic) bond motifs is 10. The van der Waals surface area contributed by atoms with Gasteiger partial charge < -0.3 is 13.6 Å². The lowest BCUT2D eigenvalue weighted by atomic mass is 10.0. The maximum atomic E-state index is 6.46. The van der Waals surface area contributed by atoms with Crippen LogP contribution in [0.2, 0.25) is 0 Å². The van der Waals surface area contributed by atoms with Gasteiger partial charge in [0.1, 0.15) is 11.2 Å². The van der Waals surface area contributed by atoms with Crippen molar-refractivity contribution in [2.75, 3.05) is 0 Å². The van der Waals surface area contributed by atoms with Crippen LogP contribution < -0.4 is 16.0 Å². The van der Waals surface area contributed by atoms with E-state index in [9.17, 15) is 0 Å². The number of rotatable bonds is 5. The average Bonchev–Trinajstić information content (AvgIpc) is 3.93. The first-order valence-corrected chi connectivity index (χ1v) is 19.6. The van der Waals surface area contributed by atoms with Crippen LogP contribution in [0.15, 0.2) is 192 Å². The Labute approximate surface area is 328 Å². The molecule has 1 aliphatic heterocycles. The predicted octanol–water partition coefficient (Wildman–Crippen LogP) is 12.0. The van der Waals surface area contributed by atoms with Crippen LogP contribution in [0.4, 0.5) is 0 Å². The van der Waals surface area contributed by atoms with Crippen LogP contribution in [0.3, 0.4) is 0 Å². The summed E-state index contributed by atoms with van der Waals surface area (Å²) in [5.41, 5.74) is 12.2. The zero-order chi connectivity index (χ0) is 37.5. The summed E-state index contributed by atoms with van der Waals surface area (Å²) in [7, 11) is 0. The van der Waals surface area contributed by atoms with Gasteiger partial charge in [-0.05, 0) is 71.3 Å². The van der Waals surface area contributed by atoms with Gasteiger partial charge in [-0.15, -0.1) is 0 Å². The third kappa shape index (κ3) is 5.09. The van der Waals surface area contributed by atoms with E-state index in [0.29, 0.717) is 0 Å². The number of nitrogens with one attached hydrogen (secondary N) is 3. The van der Waals surface area contributed by atoms with Crippen molar-refractivity contribution < 1.29 is 4.42 Å². The van der Waals surface area contributed by atoms with Gasteiger partial charge in [0.15, 0.2) is 0 Å². The Bertz CT molecular complexity index is 3240. The highest BCUT2D eigenvalue weighted by atomic mass is 16.3. The molecule has 0 aliphatic carbocycles. The Balaban J connectivity index is 1.08. The van der Waals surface area contributed by atoms with E-state index in [1.54, 1.807) is 0 Å². The lowest BCUT2D eigenvalue weighted by Crippen LogP contribution is -2.54. The summed E-state index contributed by atoms with van der Waals surface area (Å²) >= 11 is 0. The van der Waals surface area contributed by atoms with Gasteiger partial charge in [-0.1, -0.05) is 127 Å². The molecule has 2 atom stereocenters. The maximum Gasteiger partial charge on any atom is 0.137 e. The van der Waals surface area contributed by atoms with Crippen LogP contribution in [-0.2, 0) is 0 Å². The quantitative estimate of drug-likeness (QED) is 0.165. The second kappa shape index (κ2) is 12.8. The minimum atomic E-state index is -0.113. The molecule has 4 heterocycles. The second-order valence-electron chi connectivity index (χ2n) is 15.1. The highest BCUT2D eigenvalue weighted by Crippen LogP contribution is 2.44. The van der Waals surface area contributed by atoms with Gasteiger partial charge in [-0.3, -0.25) is 16.0 Å². The molecule has 0 saturated carbocycles. The molecule has 1 aliphatic rings. The van der Waals surface area contributed by atoms with Gasteiger partial charge in [0, 0.05) is 49.8 Å². The van der Waals surface area contributed by atoms with E-state index < -0.39 is 0 Å². The minimum Gasteiger partial charge on any atom is -0.456 e. The molecule has 2 unspecified atom stereocenters. The molecule has 1 fully saturated rings. The molecule has 12 rings (SSSR count). The van der Waals surface area contributed by atoms with Crippen molar-refractivity contribution in [2.24, 2.45) is 0 Å². The molecular formula is C51H37N5O. The minimum absolute atomic E-state index is 0.0476. The number of hydrogen-bond donors (Lipinski definition) is 3. The summed E-state index contributed by atoms with van der Waals surface area (Å²) in [5, 5.41) is 18.7. The Morgan fingerprint density at radius 1 is 0.333 bits per heavy atom. The third-order valence-electron chi connectivity index (χ3n) is 11.8. The van der Waals surface area contributed by atoms with Crippen molar-refractivity contribution in [3.8, 4) is 11.4 Å². The smallest absolute Gasteiger partial charge is 0.137 e. The molecule has 0 bridgehead atoms. The Hall–Kier alpha value is -6.96. The van der Waals surface area contributed by atoms with Crippen LogP contribution in [0, 0.1) is 0 Å². The lowest BCUT2D eigenvalue weighted by molar-refractivity contribution is 0.203. The first-order chi connectivity index (χ1) is 28.3. The van der Waals surface area contributed by atoms with Crippen LogP contribution in [0.25, 0.3) is 76.9 Å². The molecule has 0 spiro atoms. The molecule has 6 nitrogen and oxygen atoms in total. The van der Waals surface area contributed by atoms with Crippen LogP contribution in [-0.4, -0.2) is 9.13 Å². The highest BCUT2D eigenvalue weighted by Gasteiger charge is 2.30. The molecule has 8 aromatic carbocycles. The normalized spacial score (nSPS) is 17.4. The molecule has 272 valence electrons. The van der Waals surface area contributed by atoms with Crippen molar-refractivity contribution in [1.82, 2.24) is 25.1 Å². The van der Waals surface area contributed by atoms with E-state index in [-0.39, 0.29) is 18.5 Å².